The van der Waals surface area contributed by atoms with Crippen molar-refractivity contribution in [2.45, 2.75) is 27.7 Å². The summed E-state index contributed by atoms with van der Waals surface area (Å²) < 4.78 is 4.93. The molecule has 5 heteroatoms. The number of aryl methyl sites for hydroxylation is 3. The first-order valence-corrected chi connectivity index (χ1v) is 6.45. The van der Waals surface area contributed by atoms with E-state index in [-0.39, 0.29) is 12.3 Å². The maximum atomic E-state index is 11.8. The summed E-state index contributed by atoms with van der Waals surface area (Å²) >= 11 is 6.32. The normalized spacial score (nSPS) is 10.8. The van der Waals surface area contributed by atoms with Gasteiger partial charge in [-0.1, -0.05) is 17.7 Å². The van der Waals surface area contributed by atoms with Crippen LogP contribution in [0.3, 0.4) is 0 Å². The molecule has 0 atom stereocenters. The van der Waals surface area contributed by atoms with E-state index in [1.165, 1.54) is 0 Å². The van der Waals surface area contributed by atoms with E-state index in [1.807, 2.05) is 26.8 Å². The van der Waals surface area contributed by atoms with Gasteiger partial charge in [0.15, 0.2) is 5.69 Å². The third kappa shape index (κ3) is 2.28. The molecule has 0 saturated heterocycles. The Morgan fingerprint density at radius 2 is 1.95 bits per heavy atom. The number of hydrogen-bond donors (Lipinski definition) is 0. The van der Waals surface area contributed by atoms with Crippen molar-refractivity contribution in [1.82, 2.24) is 10.2 Å². The minimum atomic E-state index is -0.541. The summed E-state index contributed by atoms with van der Waals surface area (Å²) in [5, 5.41) is 9.10. The number of carbonyl (C=O) groups is 1. The number of fused-ring (bicyclic) bond motifs is 1. The van der Waals surface area contributed by atoms with Crippen LogP contribution in [0.15, 0.2) is 6.07 Å². The predicted octanol–water partition coefficient (Wildman–Crippen LogP) is 3.39. The zero-order valence-corrected chi connectivity index (χ0v) is 12.1. The minimum absolute atomic E-state index is 0.0733. The molecule has 1 heterocycles. The van der Waals surface area contributed by atoms with Crippen LogP contribution in [0.5, 0.6) is 0 Å². The van der Waals surface area contributed by atoms with E-state index in [4.69, 9.17) is 16.3 Å². The van der Waals surface area contributed by atoms with Crippen molar-refractivity contribution in [2.75, 3.05) is 6.61 Å². The second-order valence-electron chi connectivity index (χ2n) is 4.44. The summed E-state index contributed by atoms with van der Waals surface area (Å²) in [5.41, 5.74) is 3.90. The van der Waals surface area contributed by atoms with Crippen LogP contribution < -0.4 is 0 Å². The van der Waals surface area contributed by atoms with Crippen LogP contribution in [-0.4, -0.2) is 22.8 Å². The van der Waals surface area contributed by atoms with Crippen LogP contribution in [-0.2, 0) is 4.74 Å². The topological polar surface area (TPSA) is 52.1 Å². The predicted molar refractivity (Wildman–Crippen MR) is 74.7 cm³/mol. The molecule has 2 aromatic rings. The van der Waals surface area contributed by atoms with Crippen molar-refractivity contribution < 1.29 is 9.53 Å². The lowest BCUT2D eigenvalue weighted by Crippen LogP contribution is -2.10. The standard InChI is InChI=1S/C14H15ClN2O2/c1-5-19-14(18)13-11(15)10-9(4)7(2)6-8(3)12(10)16-17-13/h6H,5H2,1-4H3. The molecule has 0 bridgehead atoms. The van der Waals surface area contributed by atoms with E-state index in [2.05, 4.69) is 10.2 Å². The highest BCUT2D eigenvalue weighted by atomic mass is 35.5. The first-order chi connectivity index (χ1) is 8.97. The number of rotatable bonds is 2. The minimum Gasteiger partial charge on any atom is -0.461 e. The fourth-order valence-corrected chi connectivity index (χ4v) is 2.41. The first-order valence-electron chi connectivity index (χ1n) is 6.07. The molecule has 19 heavy (non-hydrogen) atoms. The number of hydrogen-bond acceptors (Lipinski definition) is 4. The van der Waals surface area contributed by atoms with Crippen molar-refractivity contribution in [2.24, 2.45) is 0 Å². The number of halogens is 1. The highest BCUT2D eigenvalue weighted by Gasteiger charge is 2.19. The highest BCUT2D eigenvalue weighted by molar-refractivity contribution is 6.38. The Hall–Kier alpha value is -1.68. The summed E-state index contributed by atoms with van der Waals surface area (Å²) in [5.74, 6) is -0.541. The molecule has 0 radical (unpaired) electrons. The molecule has 0 aliphatic rings. The Balaban J connectivity index is 2.77. The average molecular weight is 279 g/mol. The molecule has 0 spiro atoms. The second kappa shape index (κ2) is 5.13. The van der Waals surface area contributed by atoms with Gasteiger partial charge in [-0.3, -0.25) is 0 Å². The van der Waals surface area contributed by atoms with Crippen LogP contribution >= 0.6 is 11.6 Å². The molecule has 1 aromatic carbocycles. The molecule has 0 amide bonds. The van der Waals surface area contributed by atoms with Crippen molar-refractivity contribution >= 4 is 28.5 Å². The summed E-state index contributed by atoms with van der Waals surface area (Å²) in [6.07, 6.45) is 0. The molecule has 1 aromatic heterocycles. The number of nitrogens with zero attached hydrogens (tertiary/aromatic N) is 2. The molecule has 0 saturated carbocycles. The van der Waals surface area contributed by atoms with Crippen LogP contribution in [0.1, 0.15) is 34.1 Å². The third-order valence-corrected chi connectivity index (χ3v) is 3.52. The van der Waals surface area contributed by atoms with Crippen molar-refractivity contribution in [3.63, 3.8) is 0 Å². The van der Waals surface area contributed by atoms with E-state index >= 15 is 0 Å². The largest absolute Gasteiger partial charge is 0.461 e. The molecule has 0 unspecified atom stereocenters. The third-order valence-electron chi connectivity index (χ3n) is 3.16. The van der Waals surface area contributed by atoms with E-state index in [0.717, 1.165) is 27.6 Å². The number of ether oxygens (including phenoxy) is 1. The lowest BCUT2D eigenvalue weighted by atomic mass is 10.0. The zero-order chi connectivity index (χ0) is 14.2. The molecule has 0 aliphatic carbocycles. The molecular weight excluding hydrogens is 264 g/mol. The van der Waals surface area contributed by atoms with Gasteiger partial charge in [0, 0.05) is 5.39 Å². The SMILES string of the molecule is CCOC(=O)c1nnc2c(C)cc(C)c(C)c2c1Cl. The van der Waals surface area contributed by atoms with Gasteiger partial charge in [0.25, 0.3) is 0 Å². The Morgan fingerprint density at radius 1 is 1.26 bits per heavy atom. The molecule has 4 nitrogen and oxygen atoms in total. The summed E-state index contributed by atoms with van der Waals surface area (Å²) in [6.45, 7) is 7.92. The second-order valence-corrected chi connectivity index (χ2v) is 4.82. The molecule has 0 aliphatic heterocycles. The number of esters is 1. The Labute approximate surface area is 116 Å². The van der Waals surface area contributed by atoms with Gasteiger partial charge in [0.1, 0.15) is 0 Å². The Kier molecular flexibility index (Phi) is 3.71. The van der Waals surface area contributed by atoms with Crippen LogP contribution in [0, 0.1) is 20.8 Å². The quantitative estimate of drug-likeness (QED) is 0.790. The van der Waals surface area contributed by atoms with Gasteiger partial charge in [-0.05, 0) is 44.4 Å². The van der Waals surface area contributed by atoms with Gasteiger partial charge < -0.3 is 4.74 Å². The van der Waals surface area contributed by atoms with Gasteiger partial charge >= 0.3 is 5.97 Å². The lowest BCUT2D eigenvalue weighted by Gasteiger charge is -2.11. The van der Waals surface area contributed by atoms with Crippen LogP contribution in [0.2, 0.25) is 5.02 Å². The molecule has 0 fully saturated rings. The van der Waals surface area contributed by atoms with Crippen LogP contribution in [0.25, 0.3) is 10.9 Å². The maximum absolute atomic E-state index is 11.8. The Bertz CT molecular complexity index is 668. The molecular formula is C14H15ClN2O2. The monoisotopic (exact) mass is 278 g/mol. The smallest absolute Gasteiger partial charge is 0.360 e. The van der Waals surface area contributed by atoms with Gasteiger partial charge in [-0.25, -0.2) is 4.79 Å². The van der Waals surface area contributed by atoms with E-state index < -0.39 is 5.97 Å². The van der Waals surface area contributed by atoms with E-state index in [1.54, 1.807) is 6.92 Å². The summed E-state index contributed by atoms with van der Waals surface area (Å²) in [7, 11) is 0. The molecule has 0 N–H and O–H groups in total. The van der Waals surface area contributed by atoms with Crippen molar-refractivity contribution in [1.29, 1.82) is 0 Å². The first kappa shape index (κ1) is 13.7. The van der Waals surface area contributed by atoms with Gasteiger partial charge in [-0.15, -0.1) is 10.2 Å². The van der Waals surface area contributed by atoms with Gasteiger partial charge in [0.05, 0.1) is 17.1 Å². The van der Waals surface area contributed by atoms with E-state index in [0.29, 0.717) is 5.02 Å². The maximum Gasteiger partial charge on any atom is 0.360 e. The summed E-state index contributed by atoms with van der Waals surface area (Å²) in [6, 6.07) is 2.03. The molecule has 2 rings (SSSR count). The Morgan fingerprint density at radius 3 is 2.58 bits per heavy atom. The van der Waals surface area contributed by atoms with Crippen LogP contribution in [0.4, 0.5) is 0 Å². The summed E-state index contributed by atoms with van der Waals surface area (Å²) in [4.78, 5) is 11.8. The number of aromatic nitrogens is 2. The van der Waals surface area contributed by atoms with Crippen molar-refractivity contribution in [3.05, 3.63) is 33.5 Å². The van der Waals surface area contributed by atoms with Gasteiger partial charge in [0.2, 0.25) is 0 Å². The highest BCUT2D eigenvalue weighted by Crippen LogP contribution is 2.31. The molecule has 100 valence electrons. The average Bonchev–Trinajstić information content (AvgIpc) is 2.36. The number of benzene rings is 1. The fraction of sp³-hybridized carbons (Fsp3) is 0.357. The van der Waals surface area contributed by atoms with E-state index in [9.17, 15) is 4.79 Å². The van der Waals surface area contributed by atoms with Crippen molar-refractivity contribution in [3.8, 4) is 0 Å². The lowest BCUT2D eigenvalue weighted by molar-refractivity contribution is 0.0518. The fourth-order valence-electron chi connectivity index (χ4n) is 2.06. The van der Waals surface area contributed by atoms with Gasteiger partial charge in [-0.2, -0.15) is 0 Å². The number of carbonyl (C=O) groups excluding carboxylic acids is 1. The zero-order valence-electron chi connectivity index (χ0n) is 11.4.